The normalized spacial score (nSPS) is 15.1. The first kappa shape index (κ1) is 137. The van der Waals surface area contributed by atoms with E-state index < -0.39 is 41.9 Å². The number of aliphatic hydroxyl groups excluding tert-OH is 1. The Morgan fingerprint density at radius 3 is 1.02 bits per heavy atom. The van der Waals surface area contributed by atoms with E-state index >= 15 is 0 Å². The number of carbonyl (C=O) groups is 6. The Morgan fingerprint density at radius 1 is 0.492 bits per heavy atom. The maximum Gasteiger partial charge on any atom is 1.00 e. The van der Waals surface area contributed by atoms with Crippen LogP contribution in [0.1, 0.15) is 376 Å². The summed E-state index contributed by atoms with van der Waals surface area (Å²) in [4.78, 5) is 74.3. The summed E-state index contributed by atoms with van der Waals surface area (Å²) in [6.07, 6.45) is 58.5. The summed E-state index contributed by atoms with van der Waals surface area (Å²) in [5.74, 6) is 8.16. The van der Waals surface area contributed by atoms with Gasteiger partial charge < -0.3 is 60.8 Å². The van der Waals surface area contributed by atoms with Crippen LogP contribution in [0.3, 0.4) is 0 Å². The third kappa shape index (κ3) is 105. The number of ether oxygens (including phenoxy) is 4. The third-order valence-corrected chi connectivity index (χ3v) is 24.8. The van der Waals surface area contributed by atoms with Crippen LogP contribution in [0.15, 0.2) is 46.6 Å². The molecule has 1 saturated heterocycles. The topological polar surface area (TPSA) is 302 Å². The summed E-state index contributed by atoms with van der Waals surface area (Å²) >= 11 is 10.3. The molecule has 11 unspecified atom stereocenters. The van der Waals surface area contributed by atoms with Crippen molar-refractivity contribution in [3.8, 4) is 0 Å². The van der Waals surface area contributed by atoms with Crippen molar-refractivity contribution in [1.82, 2.24) is 0 Å². The van der Waals surface area contributed by atoms with Gasteiger partial charge in [0.1, 0.15) is 31.9 Å². The first-order chi connectivity index (χ1) is 56.3. The number of halogens is 1. The minimum absolute atomic E-state index is 0. The Bertz CT molecular complexity index is 2520. The molecule has 0 amide bonds. The van der Waals surface area contributed by atoms with Gasteiger partial charge in [0.05, 0.1) is 13.7 Å². The van der Waals surface area contributed by atoms with Crippen molar-refractivity contribution in [3.63, 3.8) is 0 Å². The second-order valence-electron chi connectivity index (χ2n) is 37.0. The molecule has 0 bridgehead atoms. The first-order valence-corrected chi connectivity index (χ1v) is 50.7. The molecule has 1 rings (SSSR count). The number of cyclic esters (lactones) is 2. The zero-order valence-electron chi connectivity index (χ0n) is 82.4. The predicted molar refractivity (Wildman–Crippen MR) is 517 cm³/mol. The number of ketones is 1. The minimum atomic E-state index is -1.22. The summed E-state index contributed by atoms with van der Waals surface area (Å²) in [6, 6.07) is -1.33. The number of esters is 3. The Labute approximate surface area is 816 Å². The number of hydrogen-bond acceptors (Lipinski definition) is 19. The molecule has 0 aromatic carbocycles. The molecule has 1 heterocycles. The molecule has 0 saturated carbocycles. The van der Waals surface area contributed by atoms with E-state index in [4.69, 9.17) is 26.4 Å². The molecule has 0 radical (unpaired) electrons. The number of carboxylic acids is 2. The summed E-state index contributed by atoms with van der Waals surface area (Å²) < 4.78 is 18.0. The third-order valence-electron chi connectivity index (χ3n) is 22.1. The second kappa shape index (κ2) is 96.2. The van der Waals surface area contributed by atoms with Gasteiger partial charge in [-0.3, -0.25) is 14.4 Å². The van der Waals surface area contributed by atoms with Gasteiger partial charge in [-0.05, 0) is 157 Å². The largest absolute Gasteiger partial charge is 1.00 e. The number of methoxy groups -OCH3 is 1. The molecule has 0 aromatic heterocycles. The number of aliphatic hydroxyl groups is 1. The summed E-state index contributed by atoms with van der Waals surface area (Å²) in [6.45, 7) is 46.0. The number of allylic oxidation sites excluding steroid dienone is 5. The number of carbonyl (C=O) groups excluding carboxylic acids is 6. The van der Waals surface area contributed by atoms with Gasteiger partial charge in [-0.15, -0.1) is 0 Å². The maximum absolute atomic E-state index is 11.7. The Morgan fingerprint density at radius 2 is 0.779 bits per heavy atom. The molecule has 122 heavy (non-hydrogen) atoms. The zero-order valence-corrected chi connectivity index (χ0v) is 90.6. The van der Waals surface area contributed by atoms with Crippen LogP contribution in [0.4, 0.5) is 0 Å². The Kier molecular flexibility index (Phi) is 108. The molecule has 710 valence electrons. The van der Waals surface area contributed by atoms with Gasteiger partial charge >= 0.3 is 83.0 Å². The fraction of sp³-hybridized carbons (Fsp3) is 0.848. The average Bonchev–Trinajstić information content (AvgIpc) is 0.911. The fourth-order valence-electron chi connectivity index (χ4n) is 13.8. The van der Waals surface area contributed by atoms with E-state index in [2.05, 4.69) is 199 Å². The van der Waals surface area contributed by atoms with Crippen LogP contribution in [0.2, 0.25) is 0 Å². The van der Waals surface area contributed by atoms with Crippen molar-refractivity contribution in [1.29, 1.82) is 0 Å². The van der Waals surface area contributed by atoms with E-state index in [0.29, 0.717) is 11.5 Å². The maximum atomic E-state index is 11.7. The number of thioether (sulfide) groups is 2. The molecular weight excluding hydrogens is 1680 g/mol. The molecular formula is C99H186BrN2Na2O15S3-. The SMILES string of the molecule is C/C(=C\CBr)CCCC(C)CCCC(C)CCCC(C)C.C/C(=C\CO)CCCC(C)CCCC(C)CCCC(C)C.C/C(=C\CSCC(CC(=O)COC[C-]=O)C(=O)[O-])CCCC(C)CCCC(C)CCCC(C)C.COC(=O)C(N)CSC/C=C(\C)CCCC(C)CCCC(C)CCCC(C)C.NC(CS)C(=O)O.O=C1COCC(=O)O1.[Na+].[Na+].[OH-]. The standard InChI is InChI=1S/C28H49O5S.C24H47NO2S.C20H39Br.C20H40O.C4H4O4.C3H7NO2S.2Na.H2O/c1-22(2)9-6-10-23(3)11-7-12-24(4)13-8-14-25(5)15-18-34-21-26(28(31)32)19-27(30)20-33-17-16-29;1-19(2)10-7-11-20(3)12-8-13-21(4)14-9-15-22(5)16-17-28-18-23(25)24(26)27-6;2*1-17(2)9-6-10-18(3)11-7-12-19(4)13-8-14-20(5)15-16-21;5-3-1-7-2-4(6)8-3;4-2(1-7)3(5)6;;;/h15,22-24,26H,6-14,17-21H2,1-5H3,(H,31,32);16,19-21,23H,7-15,17-18,25H2,1-6H3;15,17-19H,6-14,16H2,1-5H3;15,17-19,21H,6-14,16H2,1-5H3;1-2H2;2,7H,1,4H2,(H,5,6);;;1H2/q-1;;;;;;2*+1;/p-2/b25-15+;22-16+;2*20-15+;;;;;. The number of carboxylic acid groups (broad SMARTS) is 2. The van der Waals surface area contributed by atoms with E-state index in [1.54, 1.807) is 11.8 Å². The number of thiol groups is 1. The van der Waals surface area contributed by atoms with Crippen molar-refractivity contribution in [2.24, 2.45) is 88.4 Å². The number of nitrogens with two attached hydrogens (primary N) is 2. The van der Waals surface area contributed by atoms with E-state index in [1.807, 2.05) is 6.08 Å². The van der Waals surface area contributed by atoms with Crippen LogP contribution in [0.5, 0.6) is 0 Å². The molecule has 11 atom stereocenters. The van der Waals surface area contributed by atoms with Gasteiger partial charge in [-0.25, -0.2) is 15.9 Å². The quantitative estimate of drug-likeness (QED) is 0.00552. The number of hydrogen-bond donors (Lipinski definition) is 5. The molecule has 1 fully saturated rings. The first-order valence-electron chi connectivity index (χ1n) is 46.6. The number of alkyl halides is 1. The van der Waals surface area contributed by atoms with Crippen molar-refractivity contribution in [3.05, 3.63) is 46.6 Å². The van der Waals surface area contributed by atoms with E-state index in [1.165, 1.54) is 266 Å². The second-order valence-corrected chi connectivity index (χ2v) is 40.2. The van der Waals surface area contributed by atoms with Gasteiger partial charge in [0, 0.05) is 52.4 Å². The average molecular weight is 1870 g/mol. The van der Waals surface area contributed by atoms with Gasteiger partial charge in [0.25, 0.3) is 0 Å². The number of aliphatic carboxylic acids is 2. The van der Waals surface area contributed by atoms with E-state index in [0.717, 1.165) is 101 Å². The van der Waals surface area contributed by atoms with Gasteiger partial charge in [-0.1, -0.05) is 353 Å². The van der Waals surface area contributed by atoms with Crippen LogP contribution >= 0.6 is 52.1 Å². The van der Waals surface area contributed by atoms with Gasteiger partial charge in [0.2, 0.25) is 0 Å². The predicted octanol–water partition coefficient (Wildman–Crippen LogP) is 18.5. The minimum Gasteiger partial charge on any atom is -0.870 e. The van der Waals surface area contributed by atoms with Crippen LogP contribution in [0, 0.1) is 76.9 Å². The van der Waals surface area contributed by atoms with E-state index in [-0.39, 0.29) is 122 Å². The fourth-order valence-corrected chi connectivity index (χ4v) is 16.5. The molecule has 1 aliphatic heterocycles. The monoisotopic (exact) mass is 1860 g/mol. The molecule has 0 aromatic rings. The van der Waals surface area contributed by atoms with Crippen molar-refractivity contribution >= 4 is 94.0 Å². The molecule has 17 nitrogen and oxygen atoms in total. The van der Waals surface area contributed by atoms with Crippen LogP contribution in [-0.2, 0) is 52.5 Å². The number of rotatable bonds is 68. The zero-order chi connectivity index (χ0) is 91.2. The molecule has 0 aliphatic carbocycles. The molecule has 1 aliphatic rings. The van der Waals surface area contributed by atoms with Crippen molar-refractivity contribution in [2.45, 2.75) is 388 Å². The van der Waals surface area contributed by atoms with Crippen molar-refractivity contribution in [2.75, 3.05) is 74.2 Å². The molecule has 7 N–H and O–H groups in total. The Hall–Kier alpha value is -0.860. The van der Waals surface area contributed by atoms with Crippen LogP contribution in [0.25, 0.3) is 0 Å². The summed E-state index contributed by atoms with van der Waals surface area (Å²) in [5, 5.41) is 29.1. The van der Waals surface area contributed by atoms with Gasteiger partial charge in [0.15, 0.2) is 5.78 Å². The van der Waals surface area contributed by atoms with Crippen molar-refractivity contribution < 1.29 is 132 Å². The smallest absolute Gasteiger partial charge is 0.870 e. The number of Topliss-reactive ketones (excluding diaryl/α,β-unsaturated/α-hetero) is 1. The van der Waals surface area contributed by atoms with Gasteiger partial charge in [-0.2, -0.15) is 36.2 Å². The van der Waals surface area contributed by atoms with E-state index in [9.17, 15) is 38.7 Å². The Balaban J connectivity index is -0.000000224. The summed E-state index contributed by atoms with van der Waals surface area (Å²) in [7, 11) is 1.38. The van der Waals surface area contributed by atoms with Crippen LogP contribution in [-0.4, -0.2) is 144 Å². The summed E-state index contributed by atoms with van der Waals surface area (Å²) in [5.41, 5.74) is 16.3. The van der Waals surface area contributed by atoms with Crippen LogP contribution < -0.4 is 75.7 Å². The molecule has 0 spiro atoms. The molecule has 23 heteroatoms.